The second-order valence-electron chi connectivity index (χ2n) is 5.86. The van der Waals surface area contributed by atoms with E-state index < -0.39 is 5.91 Å². The van der Waals surface area contributed by atoms with Crippen molar-refractivity contribution in [3.8, 4) is 22.5 Å². The number of carbonyl (C=O) groups is 1. The Balaban J connectivity index is 2.03. The number of amides is 1. The molecule has 0 bridgehead atoms. The second kappa shape index (κ2) is 5.87. The molecule has 0 aliphatic heterocycles. The van der Waals surface area contributed by atoms with Gasteiger partial charge in [0.1, 0.15) is 5.69 Å². The van der Waals surface area contributed by atoms with Crippen molar-refractivity contribution in [1.29, 1.82) is 0 Å². The van der Waals surface area contributed by atoms with Crippen molar-refractivity contribution in [2.45, 2.75) is 6.92 Å². The number of nitrogens with two attached hydrogens (primary N) is 1. The summed E-state index contributed by atoms with van der Waals surface area (Å²) in [4.78, 5) is 16.2. The number of fused-ring (bicyclic) bond motifs is 1. The monoisotopic (exact) mass is 328 g/mol. The Morgan fingerprint density at radius 2 is 1.88 bits per heavy atom. The standard InChI is InChI=1S/C20H16N4O/c1-13-6-4-9-16(22-13)19-18(17-10-2-3-11-24(17)23-19)14-7-5-8-15(12-14)20(21)25/h2-12H,1H3,(H2,21,25). The molecule has 0 saturated heterocycles. The van der Waals surface area contributed by atoms with Gasteiger partial charge in [0.25, 0.3) is 0 Å². The van der Waals surface area contributed by atoms with Crippen LogP contribution in [0.5, 0.6) is 0 Å². The van der Waals surface area contributed by atoms with Crippen LogP contribution in [0.3, 0.4) is 0 Å². The molecule has 0 fully saturated rings. The van der Waals surface area contributed by atoms with E-state index in [1.165, 1.54) is 0 Å². The molecule has 0 atom stereocenters. The fourth-order valence-electron chi connectivity index (χ4n) is 2.97. The van der Waals surface area contributed by atoms with Crippen molar-refractivity contribution < 1.29 is 4.79 Å². The van der Waals surface area contributed by atoms with E-state index in [1.807, 2.05) is 66.2 Å². The van der Waals surface area contributed by atoms with Gasteiger partial charge in [-0.15, -0.1) is 0 Å². The Morgan fingerprint density at radius 1 is 1.04 bits per heavy atom. The first-order valence-corrected chi connectivity index (χ1v) is 7.95. The van der Waals surface area contributed by atoms with Crippen LogP contribution in [0.4, 0.5) is 0 Å². The normalized spacial score (nSPS) is 10.9. The van der Waals surface area contributed by atoms with E-state index in [2.05, 4.69) is 4.98 Å². The van der Waals surface area contributed by atoms with Gasteiger partial charge in [0, 0.05) is 23.0 Å². The van der Waals surface area contributed by atoms with Gasteiger partial charge in [-0.25, -0.2) is 4.52 Å². The molecule has 0 radical (unpaired) electrons. The molecular formula is C20H16N4O. The molecule has 0 spiro atoms. The van der Waals surface area contributed by atoms with E-state index in [1.54, 1.807) is 12.1 Å². The average molecular weight is 328 g/mol. The lowest BCUT2D eigenvalue weighted by molar-refractivity contribution is 0.100. The van der Waals surface area contributed by atoms with Crippen molar-refractivity contribution in [2.24, 2.45) is 5.73 Å². The number of rotatable bonds is 3. The van der Waals surface area contributed by atoms with Crippen LogP contribution < -0.4 is 5.73 Å². The van der Waals surface area contributed by atoms with E-state index in [0.29, 0.717) is 5.56 Å². The first-order valence-electron chi connectivity index (χ1n) is 7.95. The highest BCUT2D eigenvalue weighted by Crippen LogP contribution is 2.34. The third kappa shape index (κ3) is 2.65. The number of carbonyl (C=O) groups excluding carboxylic acids is 1. The quantitative estimate of drug-likeness (QED) is 0.626. The van der Waals surface area contributed by atoms with E-state index in [-0.39, 0.29) is 0 Å². The minimum absolute atomic E-state index is 0.450. The van der Waals surface area contributed by atoms with Crippen LogP contribution in [-0.4, -0.2) is 20.5 Å². The SMILES string of the molecule is Cc1cccc(-c2nn3ccccc3c2-c2cccc(C(N)=O)c2)n1. The summed E-state index contributed by atoms with van der Waals surface area (Å²) in [7, 11) is 0. The van der Waals surface area contributed by atoms with Crippen LogP contribution in [0.2, 0.25) is 0 Å². The lowest BCUT2D eigenvalue weighted by Crippen LogP contribution is -2.10. The van der Waals surface area contributed by atoms with Crippen LogP contribution in [0.15, 0.2) is 66.9 Å². The van der Waals surface area contributed by atoms with Gasteiger partial charge >= 0.3 is 0 Å². The number of benzene rings is 1. The molecule has 5 nitrogen and oxygen atoms in total. The number of pyridine rings is 2. The lowest BCUT2D eigenvalue weighted by Gasteiger charge is -2.05. The molecular weight excluding hydrogens is 312 g/mol. The molecule has 4 aromatic rings. The molecule has 1 amide bonds. The summed E-state index contributed by atoms with van der Waals surface area (Å²) in [5, 5.41) is 4.71. The second-order valence-corrected chi connectivity index (χ2v) is 5.86. The van der Waals surface area contributed by atoms with Crippen LogP contribution in [-0.2, 0) is 0 Å². The van der Waals surface area contributed by atoms with Gasteiger partial charge < -0.3 is 5.73 Å². The molecule has 5 heteroatoms. The van der Waals surface area contributed by atoms with E-state index >= 15 is 0 Å². The van der Waals surface area contributed by atoms with E-state index in [9.17, 15) is 4.79 Å². The van der Waals surface area contributed by atoms with Gasteiger partial charge in [-0.05, 0) is 48.9 Å². The zero-order chi connectivity index (χ0) is 17.4. The van der Waals surface area contributed by atoms with Gasteiger partial charge in [-0.3, -0.25) is 9.78 Å². The highest BCUT2D eigenvalue weighted by molar-refractivity contribution is 5.97. The van der Waals surface area contributed by atoms with Crippen molar-refractivity contribution in [3.63, 3.8) is 0 Å². The van der Waals surface area contributed by atoms with Crippen molar-refractivity contribution in [2.75, 3.05) is 0 Å². The first kappa shape index (κ1) is 15.1. The Bertz CT molecular complexity index is 1100. The topological polar surface area (TPSA) is 73.3 Å². The first-order chi connectivity index (χ1) is 12.1. The summed E-state index contributed by atoms with van der Waals surface area (Å²) in [6.45, 7) is 1.95. The summed E-state index contributed by atoms with van der Waals surface area (Å²) >= 11 is 0. The zero-order valence-corrected chi connectivity index (χ0v) is 13.7. The van der Waals surface area contributed by atoms with Crippen LogP contribution in [0, 0.1) is 6.92 Å². The Labute approximate surface area is 144 Å². The summed E-state index contributed by atoms with van der Waals surface area (Å²) in [5.74, 6) is -0.450. The molecule has 25 heavy (non-hydrogen) atoms. The van der Waals surface area contributed by atoms with Crippen LogP contribution in [0.25, 0.3) is 28.0 Å². The molecule has 0 unspecified atom stereocenters. The van der Waals surface area contributed by atoms with E-state index in [4.69, 9.17) is 10.8 Å². The predicted octanol–water partition coefficient (Wildman–Crippen LogP) is 3.47. The summed E-state index contributed by atoms with van der Waals surface area (Å²) in [5.41, 5.74) is 11.2. The lowest BCUT2D eigenvalue weighted by atomic mass is 10.00. The number of hydrogen-bond acceptors (Lipinski definition) is 3. The number of aromatic nitrogens is 3. The van der Waals surface area contributed by atoms with Crippen molar-refractivity contribution in [1.82, 2.24) is 14.6 Å². The summed E-state index contributed by atoms with van der Waals surface area (Å²) in [6, 6.07) is 19.0. The van der Waals surface area contributed by atoms with Gasteiger partial charge in [-0.2, -0.15) is 5.10 Å². The van der Waals surface area contributed by atoms with Gasteiger partial charge in [-0.1, -0.05) is 24.3 Å². The maximum absolute atomic E-state index is 11.6. The molecule has 3 heterocycles. The molecule has 0 aliphatic carbocycles. The fraction of sp³-hybridized carbons (Fsp3) is 0.0500. The average Bonchev–Trinajstić information content (AvgIpc) is 3.01. The molecule has 0 aliphatic rings. The summed E-state index contributed by atoms with van der Waals surface area (Å²) < 4.78 is 1.83. The van der Waals surface area contributed by atoms with Gasteiger partial charge in [0.2, 0.25) is 5.91 Å². The molecule has 1 aromatic carbocycles. The van der Waals surface area contributed by atoms with Gasteiger partial charge in [0.05, 0.1) is 11.2 Å². The zero-order valence-electron chi connectivity index (χ0n) is 13.7. The number of hydrogen-bond donors (Lipinski definition) is 1. The van der Waals surface area contributed by atoms with Crippen LogP contribution >= 0.6 is 0 Å². The predicted molar refractivity (Wildman–Crippen MR) is 97.1 cm³/mol. The number of aryl methyl sites for hydroxylation is 1. The van der Waals surface area contributed by atoms with Gasteiger partial charge in [0.15, 0.2) is 0 Å². The number of primary amides is 1. The maximum Gasteiger partial charge on any atom is 0.248 e. The van der Waals surface area contributed by atoms with Crippen molar-refractivity contribution >= 4 is 11.4 Å². The third-order valence-electron chi connectivity index (χ3n) is 4.11. The molecule has 0 saturated carbocycles. The number of nitrogens with zero attached hydrogens (tertiary/aromatic N) is 3. The minimum atomic E-state index is -0.450. The fourth-order valence-corrected chi connectivity index (χ4v) is 2.97. The summed E-state index contributed by atoms with van der Waals surface area (Å²) in [6.07, 6.45) is 1.90. The highest BCUT2D eigenvalue weighted by atomic mass is 16.1. The van der Waals surface area contributed by atoms with E-state index in [0.717, 1.165) is 33.7 Å². The third-order valence-corrected chi connectivity index (χ3v) is 4.11. The molecule has 3 aromatic heterocycles. The largest absolute Gasteiger partial charge is 0.366 e. The molecule has 4 rings (SSSR count). The minimum Gasteiger partial charge on any atom is -0.366 e. The maximum atomic E-state index is 11.6. The smallest absolute Gasteiger partial charge is 0.248 e. The Hall–Kier alpha value is -3.47. The molecule has 122 valence electrons. The van der Waals surface area contributed by atoms with Crippen molar-refractivity contribution in [3.05, 3.63) is 78.1 Å². The molecule has 2 N–H and O–H groups in total. The highest BCUT2D eigenvalue weighted by Gasteiger charge is 2.18. The Morgan fingerprint density at radius 3 is 2.68 bits per heavy atom. The Kier molecular flexibility index (Phi) is 3.54. The van der Waals surface area contributed by atoms with Crippen LogP contribution in [0.1, 0.15) is 16.1 Å².